The Morgan fingerprint density at radius 3 is 2.45 bits per heavy atom. The fourth-order valence-corrected chi connectivity index (χ4v) is 2.44. The SMILES string of the molecule is CN(Cc1ccccc1)Cc1cnc(-c2ccc(F)cc2)[nH]1. The van der Waals surface area contributed by atoms with Crippen molar-refractivity contribution < 1.29 is 4.39 Å². The number of imidazole rings is 1. The lowest BCUT2D eigenvalue weighted by Gasteiger charge is -2.15. The number of aromatic amines is 1. The van der Waals surface area contributed by atoms with Gasteiger partial charge in [-0.2, -0.15) is 0 Å². The van der Waals surface area contributed by atoms with E-state index in [2.05, 4.69) is 34.0 Å². The minimum absolute atomic E-state index is 0.238. The second-order valence-electron chi connectivity index (χ2n) is 5.42. The van der Waals surface area contributed by atoms with Crippen LogP contribution in [-0.4, -0.2) is 21.9 Å². The molecule has 2 aromatic carbocycles. The molecule has 3 aromatic rings. The van der Waals surface area contributed by atoms with Crippen molar-refractivity contribution in [2.45, 2.75) is 13.1 Å². The van der Waals surface area contributed by atoms with E-state index in [9.17, 15) is 4.39 Å². The first-order valence-corrected chi connectivity index (χ1v) is 7.23. The van der Waals surface area contributed by atoms with Crippen molar-refractivity contribution in [3.05, 3.63) is 77.9 Å². The summed E-state index contributed by atoms with van der Waals surface area (Å²) < 4.78 is 12.9. The summed E-state index contributed by atoms with van der Waals surface area (Å²) in [6.45, 7) is 1.66. The standard InChI is InChI=1S/C18H18FN3/c1-22(12-14-5-3-2-4-6-14)13-17-11-20-18(21-17)15-7-9-16(19)10-8-15/h2-11H,12-13H2,1H3,(H,20,21). The van der Waals surface area contributed by atoms with Crippen LogP contribution in [0.5, 0.6) is 0 Å². The average molecular weight is 295 g/mol. The van der Waals surface area contributed by atoms with Crippen LogP contribution in [0, 0.1) is 5.82 Å². The highest BCUT2D eigenvalue weighted by Gasteiger charge is 2.07. The van der Waals surface area contributed by atoms with Crippen LogP contribution in [0.1, 0.15) is 11.3 Å². The lowest BCUT2D eigenvalue weighted by molar-refractivity contribution is 0.315. The number of hydrogen-bond acceptors (Lipinski definition) is 2. The molecule has 0 unspecified atom stereocenters. The first-order chi connectivity index (χ1) is 10.7. The van der Waals surface area contributed by atoms with Gasteiger partial charge < -0.3 is 4.98 Å². The number of H-pyrrole nitrogens is 1. The van der Waals surface area contributed by atoms with Crippen LogP contribution in [0.2, 0.25) is 0 Å². The topological polar surface area (TPSA) is 31.9 Å². The van der Waals surface area contributed by atoms with E-state index in [1.165, 1.54) is 17.7 Å². The van der Waals surface area contributed by atoms with Gasteiger partial charge in [-0.1, -0.05) is 30.3 Å². The minimum atomic E-state index is -0.238. The molecule has 0 saturated heterocycles. The molecule has 0 aliphatic rings. The summed E-state index contributed by atoms with van der Waals surface area (Å²) >= 11 is 0. The lowest BCUT2D eigenvalue weighted by Crippen LogP contribution is -2.17. The number of benzene rings is 2. The highest BCUT2D eigenvalue weighted by Crippen LogP contribution is 2.17. The molecular weight excluding hydrogens is 277 g/mol. The molecule has 0 bridgehead atoms. The van der Waals surface area contributed by atoms with Gasteiger partial charge in [-0.05, 0) is 36.9 Å². The molecule has 0 saturated carbocycles. The van der Waals surface area contributed by atoms with E-state index in [0.29, 0.717) is 0 Å². The molecule has 0 atom stereocenters. The molecule has 0 spiro atoms. The van der Waals surface area contributed by atoms with E-state index in [0.717, 1.165) is 30.2 Å². The van der Waals surface area contributed by atoms with Gasteiger partial charge in [-0.3, -0.25) is 4.90 Å². The smallest absolute Gasteiger partial charge is 0.137 e. The fraction of sp³-hybridized carbons (Fsp3) is 0.167. The molecule has 0 aliphatic heterocycles. The molecule has 0 radical (unpaired) electrons. The Balaban J connectivity index is 1.65. The highest BCUT2D eigenvalue weighted by atomic mass is 19.1. The molecule has 3 nitrogen and oxygen atoms in total. The van der Waals surface area contributed by atoms with Crippen LogP contribution in [0.25, 0.3) is 11.4 Å². The van der Waals surface area contributed by atoms with Gasteiger partial charge in [0.25, 0.3) is 0 Å². The molecule has 0 aliphatic carbocycles. The Labute approximate surface area is 129 Å². The van der Waals surface area contributed by atoms with Crippen molar-refractivity contribution >= 4 is 0 Å². The predicted octanol–water partition coefficient (Wildman–Crippen LogP) is 3.85. The van der Waals surface area contributed by atoms with Crippen molar-refractivity contribution in [3.63, 3.8) is 0 Å². The molecule has 112 valence electrons. The van der Waals surface area contributed by atoms with Crippen molar-refractivity contribution in [1.29, 1.82) is 0 Å². The molecule has 0 fully saturated rings. The second kappa shape index (κ2) is 6.54. The Bertz CT molecular complexity index is 720. The summed E-state index contributed by atoms with van der Waals surface area (Å²) in [5.74, 6) is 0.529. The summed E-state index contributed by atoms with van der Waals surface area (Å²) in [6.07, 6.45) is 1.83. The Morgan fingerprint density at radius 2 is 1.73 bits per heavy atom. The van der Waals surface area contributed by atoms with Gasteiger partial charge in [0.15, 0.2) is 0 Å². The zero-order valence-corrected chi connectivity index (χ0v) is 12.5. The van der Waals surface area contributed by atoms with Crippen LogP contribution in [0.3, 0.4) is 0 Å². The molecule has 4 heteroatoms. The van der Waals surface area contributed by atoms with E-state index in [4.69, 9.17) is 0 Å². The van der Waals surface area contributed by atoms with Crippen molar-refractivity contribution in [1.82, 2.24) is 14.9 Å². The molecule has 1 aromatic heterocycles. The molecule has 1 heterocycles. The molecule has 22 heavy (non-hydrogen) atoms. The van der Waals surface area contributed by atoms with E-state index in [-0.39, 0.29) is 5.82 Å². The molecule has 1 N–H and O–H groups in total. The number of nitrogens with one attached hydrogen (secondary N) is 1. The van der Waals surface area contributed by atoms with E-state index in [1.54, 1.807) is 12.1 Å². The maximum Gasteiger partial charge on any atom is 0.137 e. The van der Waals surface area contributed by atoms with Crippen molar-refractivity contribution in [3.8, 4) is 11.4 Å². The zero-order chi connectivity index (χ0) is 15.4. The normalized spacial score (nSPS) is 11.0. The Morgan fingerprint density at radius 1 is 1.00 bits per heavy atom. The number of halogens is 1. The summed E-state index contributed by atoms with van der Waals surface area (Å²) in [5, 5.41) is 0. The number of hydrogen-bond donors (Lipinski definition) is 1. The maximum absolute atomic E-state index is 12.9. The van der Waals surface area contributed by atoms with Crippen LogP contribution >= 0.6 is 0 Å². The van der Waals surface area contributed by atoms with Gasteiger partial charge in [0, 0.05) is 30.5 Å². The van der Waals surface area contributed by atoms with E-state index < -0.39 is 0 Å². The summed E-state index contributed by atoms with van der Waals surface area (Å²) in [7, 11) is 2.07. The lowest BCUT2D eigenvalue weighted by atomic mass is 10.2. The quantitative estimate of drug-likeness (QED) is 0.775. The van der Waals surface area contributed by atoms with Crippen molar-refractivity contribution in [2.75, 3.05) is 7.05 Å². The first kappa shape index (κ1) is 14.5. The van der Waals surface area contributed by atoms with Crippen LogP contribution < -0.4 is 0 Å². The summed E-state index contributed by atoms with van der Waals surface area (Å²) in [6, 6.07) is 16.7. The van der Waals surface area contributed by atoms with Crippen LogP contribution in [-0.2, 0) is 13.1 Å². The molecule has 0 amide bonds. The highest BCUT2D eigenvalue weighted by molar-refractivity contribution is 5.54. The van der Waals surface area contributed by atoms with E-state index >= 15 is 0 Å². The third kappa shape index (κ3) is 3.59. The number of nitrogens with zero attached hydrogens (tertiary/aromatic N) is 2. The van der Waals surface area contributed by atoms with Crippen LogP contribution in [0.4, 0.5) is 4.39 Å². The van der Waals surface area contributed by atoms with Gasteiger partial charge in [0.1, 0.15) is 11.6 Å². The van der Waals surface area contributed by atoms with Crippen LogP contribution in [0.15, 0.2) is 60.8 Å². The monoisotopic (exact) mass is 295 g/mol. The Hall–Kier alpha value is -2.46. The van der Waals surface area contributed by atoms with Gasteiger partial charge in [-0.15, -0.1) is 0 Å². The fourth-order valence-electron chi connectivity index (χ4n) is 2.44. The molecular formula is C18H18FN3. The number of aromatic nitrogens is 2. The third-order valence-electron chi connectivity index (χ3n) is 3.48. The van der Waals surface area contributed by atoms with Gasteiger partial charge in [0.2, 0.25) is 0 Å². The van der Waals surface area contributed by atoms with Gasteiger partial charge in [-0.25, -0.2) is 9.37 Å². The van der Waals surface area contributed by atoms with E-state index in [1.807, 2.05) is 24.4 Å². The number of rotatable bonds is 5. The Kier molecular flexibility index (Phi) is 4.30. The summed E-state index contributed by atoms with van der Waals surface area (Å²) in [4.78, 5) is 9.88. The van der Waals surface area contributed by atoms with Gasteiger partial charge >= 0.3 is 0 Å². The zero-order valence-electron chi connectivity index (χ0n) is 12.5. The summed E-state index contributed by atoms with van der Waals surface area (Å²) in [5.41, 5.74) is 3.21. The predicted molar refractivity (Wildman–Crippen MR) is 85.6 cm³/mol. The third-order valence-corrected chi connectivity index (χ3v) is 3.48. The second-order valence-corrected chi connectivity index (χ2v) is 5.42. The largest absolute Gasteiger partial charge is 0.341 e. The van der Waals surface area contributed by atoms with Gasteiger partial charge in [0.05, 0.1) is 0 Å². The average Bonchev–Trinajstić information content (AvgIpc) is 2.97. The first-order valence-electron chi connectivity index (χ1n) is 7.23. The minimum Gasteiger partial charge on any atom is -0.341 e. The maximum atomic E-state index is 12.9. The van der Waals surface area contributed by atoms with Crippen molar-refractivity contribution in [2.24, 2.45) is 0 Å². The molecule has 3 rings (SSSR count).